The average Bonchev–Trinajstić information content (AvgIpc) is 3.38. The second-order valence-corrected chi connectivity index (χ2v) is 5.80. The number of carboxylic acids is 1. The molecule has 0 spiro atoms. The summed E-state index contributed by atoms with van der Waals surface area (Å²) >= 11 is 0. The smallest absolute Gasteiger partial charge is 0.323 e. The van der Waals surface area contributed by atoms with Crippen LogP contribution in [0.15, 0.2) is 48.5 Å². The molecule has 2 aromatic rings. The quantitative estimate of drug-likeness (QED) is 0.890. The first-order valence-electron chi connectivity index (χ1n) is 7.67. The molecular weight excluding hydrogens is 292 g/mol. The Labute approximate surface area is 134 Å². The molecule has 1 saturated carbocycles. The van der Waals surface area contributed by atoms with Crippen LogP contribution in [0.1, 0.15) is 23.3 Å². The van der Waals surface area contributed by atoms with Crippen molar-refractivity contribution < 1.29 is 14.7 Å². The standard InChI is InChI=1S/C18H18N2O3/c21-17(22)12-20(11-13-9-10-13)18(23)16-8-4-7-15(19-16)14-5-2-1-3-6-14/h1-8,13H,9-12H2,(H,21,22). The second kappa shape index (κ2) is 6.60. The van der Waals surface area contributed by atoms with Crippen molar-refractivity contribution in [1.82, 2.24) is 9.88 Å². The molecule has 5 heteroatoms. The number of hydrogen-bond acceptors (Lipinski definition) is 3. The molecule has 0 radical (unpaired) electrons. The molecule has 1 aliphatic carbocycles. The summed E-state index contributed by atoms with van der Waals surface area (Å²) in [6.45, 7) is 0.203. The number of amides is 1. The van der Waals surface area contributed by atoms with Gasteiger partial charge >= 0.3 is 5.97 Å². The Morgan fingerprint density at radius 1 is 1.09 bits per heavy atom. The second-order valence-electron chi connectivity index (χ2n) is 5.80. The number of carbonyl (C=O) groups is 2. The van der Waals surface area contributed by atoms with E-state index in [-0.39, 0.29) is 18.1 Å². The highest BCUT2D eigenvalue weighted by atomic mass is 16.4. The number of aliphatic carboxylic acids is 1. The van der Waals surface area contributed by atoms with Crippen LogP contribution in [0.25, 0.3) is 11.3 Å². The summed E-state index contributed by atoms with van der Waals surface area (Å²) in [5, 5.41) is 9.03. The summed E-state index contributed by atoms with van der Waals surface area (Å²) in [5.41, 5.74) is 1.92. The van der Waals surface area contributed by atoms with Crippen molar-refractivity contribution in [3.8, 4) is 11.3 Å². The highest BCUT2D eigenvalue weighted by Gasteiger charge is 2.29. The molecule has 0 aliphatic heterocycles. The first-order valence-corrected chi connectivity index (χ1v) is 7.67. The summed E-state index contributed by atoms with van der Waals surface area (Å²) in [4.78, 5) is 29.4. The number of carboxylic acid groups (broad SMARTS) is 1. The van der Waals surface area contributed by atoms with Gasteiger partial charge in [-0.15, -0.1) is 0 Å². The summed E-state index contributed by atoms with van der Waals surface area (Å²) in [7, 11) is 0. The minimum absolute atomic E-state index is 0.285. The molecule has 0 atom stereocenters. The molecule has 0 saturated heterocycles. The lowest BCUT2D eigenvalue weighted by molar-refractivity contribution is -0.137. The SMILES string of the molecule is O=C(O)CN(CC1CC1)C(=O)c1cccc(-c2ccccc2)n1. The Hall–Kier alpha value is -2.69. The van der Waals surface area contributed by atoms with Crippen molar-refractivity contribution >= 4 is 11.9 Å². The van der Waals surface area contributed by atoms with Crippen LogP contribution < -0.4 is 0 Å². The summed E-state index contributed by atoms with van der Waals surface area (Å²) in [5.74, 6) is -0.897. The molecule has 1 aromatic heterocycles. The highest BCUT2D eigenvalue weighted by Crippen LogP contribution is 2.30. The maximum absolute atomic E-state index is 12.6. The fourth-order valence-electron chi connectivity index (χ4n) is 2.48. The summed E-state index contributed by atoms with van der Waals surface area (Å²) < 4.78 is 0. The number of nitrogens with zero attached hydrogens (tertiary/aromatic N) is 2. The molecule has 0 unspecified atom stereocenters. The van der Waals surface area contributed by atoms with Gasteiger partial charge in [0, 0.05) is 12.1 Å². The minimum Gasteiger partial charge on any atom is -0.480 e. The predicted molar refractivity (Wildman–Crippen MR) is 85.9 cm³/mol. The Bertz CT molecular complexity index is 711. The summed E-state index contributed by atoms with van der Waals surface area (Å²) in [6, 6.07) is 14.8. The molecule has 1 heterocycles. The van der Waals surface area contributed by atoms with Gasteiger partial charge in [0.15, 0.2) is 0 Å². The first-order chi connectivity index (χ1) is 11.1. The zero-order valence-electron chi connectivity index (χ0n) is 12.7. The van der Waals surface area contributed by atoms with Crippen LogP contribution >= 0.6 is 0 Å². The third-order valence-electron chi connectivity index (χ3n) is 3.83. The van der Waals surface area contributed by atoms with Crippen LogP contribution in [0.5, 0.6) is 0 Å². The van der Waals surface area contributed by atoms with E-state index in [4.69, 9.17) is 5.11 Å². The van der Waals surface area contributed by atoms with Gasteiger partial charge < -0.3 is 10.0 Å². The van der Waals surface area contributed by atoms with E-state index in [1.165, 1.54) is 4.90 Å². The van der Waals surface area contributed by atoms with E-state index in [1.807, 2.05) is 36.4 Å². The number of benzene rings is 1. The molecule has 118 valence electrons. The predicted octanol–water partition coefficient (Wildman–Crippen LogP) is 2.69. The summed E-state index contributed by atoms with van der Waals surface area (Å²) in [6.07, 6.45) is 2.11. The van der Waals surface area contributed by atoms with Gasteiger partial charge in [-0.25, -0.2) is 4.98 Å². The zero-order chi connectivity index (χ0) is 16.2. The molecule has 1 fully saturated rings. The van der Waals surface area contributed by atoms with E-state index in [0.717, 1.165) is 18.4 Å². The van der Waals surface area contributed by atoms with Crippen molar-refractivity contribution in [3.05, 3.63) is 54.2 Å². The van der Waals surface area contributed by atoms with Crippen LogP contribution in [0, 0.1) is 5.92 Å². The molecule has 3 rings (SSSR count). The molecule has 1 N–H and O–H groups in total. The maximum Gasteiger partial charge on any atom is 0.323 e. The Morgan fingerprint density at radius 2 is 1.83 bits per heavy atom. The molecule has 23 heavy (non-hydrogen) atoms. The zero-order valence-corrected chi connectivity index (χ0v) is 12.7. The Balaban J connectivity index is 1.84. The van der Waals surface area contributed by atoms with E-state index < -0.39 is 5.97 Å². The normalized spacial score (nSPS) is 13.6. The van der Waals surface area contributed by atoms with Gasteiger partial charge in [-0.1, -0.05) is 36.4 Å². The van der Waals surface area contributed by atoms with Crippen LogP contribution in [-0.4, -0.2) is 40.0 Å². The van der Waals surface area contributed by atoms with E-state index in [2.05, 4.69) is 4.98 Å². The fraction of sp³-hybridized carbons (Fsp3) is 0.278. The van der Waals surface area contributed by atoms with Crippen LogP contribution in [0.3, 0.4) is 0 Å². The molecule has 1 aromatic carbocycles. The van der Waals surface area contributed by atoms with Crippen molar-refractivity contribution in [1.29, 1.82) is 0 Å². The lowest BCUT2D eigenvalue weighted by atomic mass is 10.1. The largest absolute Gasteiger partial charge is 0.480 e. The maximum atomic E-state index is 12.6. The van der Waals surface area contributed by atoms with Gasteiger partial charge in [-0.05, 0) is 30.9 Å². The van der Waals surface area contributed by atoms with Crippen LogP contribution in [-0.2, 0) is 4.79 Å². The van der Waals surface area contributed by atoms with Crippen molar-refractivity contribution in [3.63, 3.8) is 0 Å². The molecule has 0 bridgehead atoms. The number of pyridine rings is 1. The number of carbonyl (C=O) groups excluding carboxylic acids is 1. The van der Waals surface area contributed by atoms with E-state index in [1.54, 1.807) is 12.1 Å². The molecule has 5 nitrogen and oxygen atoms in total. The minimum atomic E-state index is -1.00. The number of hydrogen-bond donors (Lipinski definition) is 1. The third kappa shape index (κ3) is 3.94. The van der Waals surface area contributed by atoms with E-state index in [9.17, 15) is 9.59 Å². The Morgan fingerprint density at radius 3 is 2.48 bits per heavy atom. The van der Waals surface area contributed by atoms with Gasteiger partial charge in [0.1, 0.15) is 12.2 Å². The topological polar surface area (TPSA) is 70.5 Å². The molecular formula is C18H18N2O3. The average molecular weight is 310 g/mol. The van der Waals surface area contributed by atoms with E-state index in [0.29, 0.717) is 18.2 Å². The van der Waals surface area contributed by atoms with Gasteiger partial charge in [0.2, 0.25) is 0 Å². The fourth-order valence-corrected chi connectivity index (χ4v) is 2.48. The van der Waals surface area contributed by atoms with E-state index >= 15 is 0 Å². The van der Waals surface area contributed by atoms with Crippen LogP contribution in [0.4, 0.5) is 0 Å². The van der Waals surface area contributed by atoms with Gasteiger partial charge in [0.25, 0.3) is 5.91 Å². The van der Waals surface area contributed by atoms with Crippen molar-refractivity contribution in [2.45, 2.75) is 12.8 Å². The lowest BCUT2D eigenvalue weighted by Crippen LogP contribution is -2.37. The van der Waals surface area contributed by atoms with Crippen molar-refractivity contribution in [2.75, 3.05) is 13.1 Å². The number of rotatable bonds is 6. The molecule has 1 amide bonds. The third-order valence-corrected chi connectivity index (χ3v) is 3.83. The Kier molecular flexibility index (Phi) is 4.37. The van der Waals surface area contributed by atoms with Crippen molar-refractivity contribution in [2.24, 2.45) is 5.92 Å². The van der Waals surface area contributed by atoms with Gasteiger partial charge in [0.05, 0.1) is 5.69 Å². The van der Waals surface area contributed by atoms with Gasteiger partial charge in [-0.3, -0.25) is 9.59 Å². The first kappa shape index (κ1) is 15.2. The van der Waals surface area contributed by atoms with Crippen LogP contribution in [0.2, 0.25) is 0 Å². The monoisotopic (exact) mass is 310 g/mol. The lowest BCUT2D eigenvalue weighted by Gasteiger charge is -2.20. The number of aromatic nitrogens is 1. The highest BCUT2D eigenvalue weighted by molar-refractivity contribution is 5.94. The van der Waals surface area contributed by atoms with Gasteiger partial charge in [-0.2, -0.15) is 0 Å². The molecule has 1 aliphatic rings.